The molecule has 0 atom stereocenters. The molecule has 0 radical (unpaired) electrons. The van der Waals surface area contributed by atoms with Gasteiger partial charge in [0.15, 0.2) is 0 Å². The van der Waals surface area contributed by atoms with Gasteiger partial charge in [-0.05, 0) is 11.6 Å². The highest BCUT2D eigenvalue weighted by molar-refractivity contribution is 5.90. The molecule has 104 valence electrons. The molecule has 1 N–H and O–H groups in total. The summed E-state index contributed by atoms with van der Waals surface area (Å²) in [6, 6.07) is 6.58. The van der Waals surface area contributed by atoms with Crippen LogP contribution in [-0.4, -0.2) is 30.7 Å². The highest BCUT2D eigenvalue weighted by Gasteiger charge is 2.12. The Balaban J connectivity index is 2.43. The van der Waals surface area contributed by atoms with Gasteiger partial charge in [0.05, 0.1) is 12.2 Å². The average Bonchev–Trinajstić information content (AvgIpc) is 2.39. The number of nitrogens with one attached hydrogen (secondary N) is 1. The van der Waals surface area contributed by atoms with Gasteiger partial charge in [-0.1, -0.05) is 18.2 Å². The number of hydroxylamine groups is 1. The van der Waals surface area contributed by atoms with Crippen molar-refractivity contribution < 1.29 is 18.9 Å². The molecule has 0 spiro atoms. The number of halogens is 1. The number of nitrogens with zero attached hydrogens (tertiary/aromatic N) is 1. The molecule has 0 unspecified atom stereocenters. The van der Waals surface area contributed by atoms with E-state index in [1.165, 1.54) is 0 Å². The molecule has 1 rings (SSSR count). The van der Waals surface area contributed by atoms with Crippen LogP contribution in [0.3, 0.4) is 0 Å². The first-order valence-corrected chi connectivity index (χ1v) is 5.85. The summed E-state index contributed by atoms with van der Waals surface area (Å²) in [5, 5.41) is 10.1. The van der Waals surface area contributed by atoms with Gasteiger partial charge in [0.25, 0.3) is 0 Å². The molecule has 1 aromatic carbocycles. The molecule has 0 fully saturated rings. The predicted octanol–water partition coefficient (Wildman–Crippen LogP) is 1.53. The molecule has 0 bridgehead atoms. The van der Waals surface area contributed by atoms with E-state index in [0.29, 0.717) is 11.1 Å². The predicted molar refractivity (Wildman–Crippen MR) is 66.0 cm³/mol. The Morgan fingerprint density at radius 1 is 1.42 bits per heavy atom. The first-order chi connectivity index (χ1) is 9.15. The monoisotopic (exact) mass is 270 g/mol. The highest BCUT2D eigenvalue weighted by atomic mass is 19.1. The molecular weight excluding hydrogens is 255 g/mol. The molecule has 0 amide bonds. The van der Waals surface area contributed by atoms with Crippen LogP contribution < -0.4 is 5.48 Å². The largest absolute Gasteiger partial charge is 0.367 e. The van der Waals surface area contributed by atoms with Gasteiger partial charge < -0.3 is 4.84 Å². The molecule has 19 heavy (non-hydrogen) atoms. The van der Waals surface area contributed by atoms with Crippen molar-refractivity contribution in [2.24, 2.45) is 0 Å². The van der Waals surface area contributed by atoms with Crippen LogP contribution in [0.4, 0.5) is 4.39 Å². The third kappa shape index (κ3) is 5.43. The van der Waals surface area contributed by atoms with E-state index in [1.54, 1.807) is 24.3 Å². The van der Waals surface area contributed by atoms with Crippen molar-refractivity contribution in [3.05, 3.63) is 45.5 Å². The molecule has 6 nitrogen and oxygen atoms in total. The molecular formula is C12H15FN2O4. The van der Waals surface area contributed by atoms with E-state index in [9.17, 15) is 19.3 Å². The third-order valence-electron chi connectivity index (χ3n) is 2.39. The van der Waals surface area contributed by atoms with Crippen LogP contribution in [0.25, 0.3) is 0 Å². The van der Waals surface area contributed by atoms with Gasteiger partial charge in [0, 0.05) is 24.3 Å². The van der Waals surface area contributed by atoms with Crippen molar-refractivity contribution in [1.82, 2.24) is 5.48 Å². The van der Waals surface area contributed by atoms with Gasteiger partial charge >= 0.3 is 5.97 Å². The Morgan fingerprint density at radius 3 is 2.84 bits per heavy atom. The van der Waals surface area contributed by atoms with Crippen molar-refractivity contribution in [2.75, 3.05) is 19.8 Å². The van der Waals surface area contributed by atoms with Gasteiger partial charge in [-0.15, -0.1) is 0 Å². The standard InChI is InChI=1S/C12H15FN2O4/c13-7-6-10-4-1-2-5-11(10)12(16)19-14-8-3-9-15(17)18/h1-2,4-5,14H,3,6-9H2. The van der Waals surface area contributed by atoms with E-state index in [4.69, 9.17) is 4.84 Å². The van der Waals surface area contributed by atoms with Crippen molar-refractivity contribution in [1.29, 1.82) is 0 Å². The van der Waals surface area contributed by atoms with Crippen LogP contribution in [0.2, 0.25) is 0 Å². The smallest absolute Gasteiger partial charge is 0.357 e. The van der Waals surface area contributed by atoms with Gasteiger partial charge in [-0.25, -0.2) is 4.79 Å². The number of aryl methyl sites for hydroxylation is 1. The first kappa shape index (κ1) is 15.0. The van der Waals surface area contributed by atoms with Gasteiger partial charge in [-0.3, -0.25) is 14.5 Å². The van der Waals surface area contributed by atoms with E-state index in [-0.39, 0.29) is 25.9 Å². The summed E-state index contributed by atoms with van der Waals surface area (Å²) in [6.07, 6.45) is 0.402. The van der Waals surface area contributed by atoms with Crippen LogP contribution in [-0.2, 0) is 11.3 Å². The second-order valence-electron chi connectivity index (χ2n) is 3.79. The lowest BCUT2D eigenvalue weighted by atomic mass is 10.1. The molecule has 0 aliphatic carbocycles. The Hall–Kier alpha value is -2.02. The van der Waals surface area contributed by atoms with Crippen LogP contribution in [0.1, 0.15) is 22.3 Å². The summed E-state index contributed by atoms with van der Waals surface area (Å²) in [6.45, 7) is -0.554. The lowest BCUT2D eigenvalue weighted by molar-refractivity contribution is -0.480. The third-order valence-corrected chi connectivity index (χ3v) is 2.39. The molecule has 0 aromatic heterocycles. The average molecular weight is 270 g/mol. The molecule has 0 aliphatic rings. The Bertz CT molecular complexity index is 439. The molecule has 1 aromatic rings. The number of carbonyl (C=O) groups excluding carboxylic acids is 1. The van der Waals surface area contributed by atoms with Crippen LogP contribution in [0.15, 0.2) is 24.3 Å². The lowest BCUT2D eigenvalue weighted by Crippen LogP contribution is -2.23. The summed E-state index contributed by atoms with van der Waals surface area (Å²) in [7, 11) is 0. The summed E-state index contributed by atoms with van der Waals surface area (Å²) in [5.41, 5.74) is 3.23. The second kappa shape index (κ2) is 8.15. The SMILES string of the molecule is O=C(ONCCC[N+](=O)[O-])c1ccccc1CCF. The zero-order valence-electron chi connectivity index (χ0n) is 10.3. The molecule has 0 saturated heterocycles. The molecule has 0 aliphatic heterocycles. The summed E-state index contributed by atoms with van der Waals surface area (Å²) < 4.78 is 12.3. The number of alkyl halides is 1. The number of hydrogen-bond acceptors (Lipinski definition) is 5. The maximum absolute atomic E-state index is 12.3. The van der Waals surface area contributed by atoms with E-state index in [0.717, 1.165) is 0 Å². The Morgan fingerprint density at radius 2 is 2.16 bits per heavy atom. The first-order valence-electron chi connectivity index (χ1n) is 5.85. The van der Waals surface area contributed by atoms with Crippen molar-refractivity contribution in [3.8, 4) is 0 Å². The fourth-order valence-electron chi connectivity index (χ4n) is 1.49. The second-order valence-corrected chi connectivity index (χ2v) is 3.79. The van der Waals surface area contributed by atoms with Gasteiger partial charge in [0.1, 0.15) is 0 Å². The quantitative estimate of drug-likeness (QED) is 0.440. The minimum atomic E-state index is -0.620. The van der Waals surface area contributed by atoms with Crippen molar-refractivity contribution in [2.45, 2.75) is 12.8 Å². The van der Waals surface area contributed by atoms with Crippen molar-refractivity contribution >= 4 is 5.97 Å². The van der Waals surface area contributed by atoms with E-state index < -0.39 is 17.6 Å². The number of benzene rings is 1. The summed E-state index contributed by atoms with van der Waals surface area (Å²) >= 11 is 0. The molecule has 7 heteroatoms. The Kier molecular flexibility index (Phi) is 6.45. The lowest BCUT2D eigenvalue weighted by Gasteiger charge is -2.08. The molecule has 0 saturated carbocycles. The fraction of sp³-hybridized carbons (Fsp3) is 0.417. The number of rotatable bonds is 8. The van der Waals surface area contributed by atoms with Gasteiger partial charge in [0.2, 0.25) is 6.54 Å². The van der Waals surface area contributed by atoms with Crippen LogP contribution in [0.5, 0.6) is 0 Å². The molecule has 0 heterocycles. The Labute approximate surface area is 109 Å². The summed E-state index contributed by atoms with van der Waals surface area (Å²) in [5.74, 6) is -0.620. The van der Waals surface area contributed by atoms with Crippen LogP contribution >= 0.6 is 0 Å². The maximum Gasteiger partial charge on any atom is 0.357 e. The minimum Gasteiger partial charge on any atom is -0.367 e. The summed E-state index contributed by atoms with van der Waals surface area (Å²) in [4.78, 5) is 26.1. The van der Waals surface area contributed by atoms with Crippen LogP contribution in [0, 0.1) is 10.1 Å². The topological polar surface area (TPSA) is 81.5 Å². The van der Waals surface area contributed by atoms with E-state index in [1.807, 2.05) is 0 Å². The highest BCUT2D eigenvalue weighted by Crippen LogP contribution is 2.10. The number of nitro groups is 1. The zero-order chi connectivity index (χ0) is 14.1. The minimum absolute atomic E-state index is 0.145. The fourth-order valence-corrected chi connectivity index (χ4v) is 1.49. The van der Waals surface area contributed by atoms with Crippen molar-refractivity contribution in [3.63, 3.8) is 0 Å². The van der Waals surface area contributed by atoms with E-state index >= 15 is 0 Å². The number of hydrogen-bond donors (Lipinski definition) is 1. The normalized spacial score (nSPS) is 10.2. The zero-order valence-corrected chi connectivity index (χ0v) is 10.3. The van der Waals surface area contributed by atoms with Gasteiger partial charge in [-0.2, -0.15) is 5.48 Å². The maximum atomic E-state index is 12.3. The van der Waals surface area contributed by atoms with E-state index in [2.05, 4.69) is 5.48 Å². The number of carbonyl (C=O) groups is 1.